The molecule has 1 saturated carbocycles. The van der Waals surface area contributed by atoms with E-state index in [9.17, 15) is 4.79 Å². The van der Waals surface area contributed by atoms with E-state index < -0.39 is 0 Å². The molecule has 2 unspecified atom stereocenters. The lowest BCUT2D eigenvalue weighted by molar-refractivity contribution is 0.0308. The molecule has 1 N–H and O–H groups in total. The van der Waals surface area contributed by atoms with Crippen molar-refractivity contribution in [1.82, 2.24) is 20.0 Å². The van der Waals surface area contributed by atoms with Gasteiger partial charge in [0.1, 0.15) is 5.69 Å². The molecule has 0 spiro atoms. The molecule has 3 aliphatic rings. The summed E-state index contributed by atoms with van der Waals surface area (Å²) in [5, 5.41) is 7.22. The standard InChI is InChI=1S/C20H24N4O/c25-20(19-9-18(21-22-19)14-5-2-1-3-6-14)24-12-17(13-24)23-10-15-7-4-8-16(15)11-23/h1-3,5-6,9,15-17H,4,7-8,10-13H2,(H,21,22). The molecule has 25 heavy (non-hydrogen) atoms. The summed E-state index contributed by atoms with van der Waals surface area (Å²) in [5.41, 5.74) is 2.45. The van der Waals surface area contributed by atoms with E-state index in [4.69, 9.17) is 0 Å². The predicted octanol–water partition coefficient (Wildman–Crippen LogP) is 2.63. The Kier molecular flexibility index (Phi) is 3.63. The molecule has 2 aliphatic heterocycles. The Labute approximate surface area is 148 Å². The molecule has 3 fully saturated rings. The second-order valence-corrected chi connectivity index (χ2v) is 7.80. The number of nitrogens with one attached hydrogen (secondary N) is 1. The first-order valence-corrected chi connectivity index (χ1v) is 9.42. The Bertz CT molecular complexity index is 753. The first kappa shape index (κ1) is 15.1. The zero-order valence-electron chi connectivity index (χ0n) is 14.4. The number of carbonyl (C=O) groups excluding carboxylic acids is 1. The zero-order chi connectivity index (χ0) is 16.8. The smallest absolute Gasteiger partial charge is 0.271 e. The summed E-state index contributed by atoms with van der Waals surface area (Å²) in [5.74, 6) is 1.92. The molecule has 2 saturated heterocycles. The van der Waals surface area contributed by atoms with Gasteiger partial charge in [-0.2, -0.15) is 5.10 Å². The minimum absolute atomic E-state index is 0.0744. The van der Waals surface area contributed by atoms with Crippen LogP contribution in [0.15, 0.2) is 36.4 Å². The molecular weight excluding hydrogens is 312 g/mol. The van der Waals surface area contributed by atoms with Gasteiger partial charge in [-0.15, -0.1) is 0 Å². The van der Waals surface area contributed by atoms with E-state index in [-0.39, 0.29) is 5.91 Å². The number of amides is 1. The van der Waals surface area contributed by atoms with Crippen molar-refractivity contribution in [3.8, 4) is 11.3 Å². The molecule has 3 heterocycles. The van der Waals surface area contributed by atoms with Gasteiger partial charge < -0.3 is 4.90 Å². The Hall–Kier alpha value is -2.14. The van der Waals surface area contributed by atoms with E-state index in [0.29, 0.717) is 11.7 Å². The summed E-state index contributed by atoms with van der Waals surface area (Å²) < 4.78 is 0. The van der Waals surface area contributed by atoms with Gasteiger partial charge in [0.15, 0.2) is 0 Å². The van der Waals surface area contributed by atoms with Crippen molar-refractivity contribution < 1.29 is 4.79 Å². The summed E-state index contributed by atoms with van der Waals surface area (Å²) in [7, 11) is 0. The van der Waals surface area contributed by atoms with Gasteiger partial charge in [0.05, 0.1) is 5.69 Å². The van der Waals surface area contributed by atoms with Crippen LogP contribution in [0.2, 0.25) is 0 Å². The highest BCUT2D eigenvalue weighted by Gasteiger charge is 2.43. The number of H-pyrrole nitrogens is 1. The monoisotopic (exact) mass is 336 g/mol. The van der Waals surface area contributed by atoms with E-state index in [1.54, 1.807) is 0 Å². The Balaban J connectivity index is 1.20. The Morgan fingerprint density at radius 1 is 1.04 bits per heavy atom. The van der Waals surface area contributed by atoms with E-state index >= 15 is 0 Å². The summed E-state index contributed by atoms with van der Waals surface area (Å²) in [6, 6.07) is 12.4. The van der Waals surface area contributed by atoms with Gasteiger partial charge in [-0.25, -0.2) is 0 Å². The number of hydrogen-bond donors (Lipinski definition) is 1. The van der Waals surface area contributed by atoms with Crippen molar-refractivity contribution in [2.45, 2.75) is 25.3 Å². The Morgan fingerprint density at radius 2 is 1.76 bits per heavy atom. The minimum Gasteiger partial charge on any atom is -0.334 e. The maximum Gasteiger partial charge on any atom is 0.271 e. The minimum atomic E-state index is 0.0744. The molecule has 2 atom stereocenters. The average molecular weight is 336 g/mol. The molecule has 5 heteroatoms. The zero-order valence-corrected chi connectivity index (χ0v) is 14.4. The molecule has 1 aromatic carbocycles. The Morgan fingerprint density at radius 3 is 2.48 bits per heavy atom. The second kappa shape index (κ2) is 5.99. The number of rotatable bonds is 3. The molecule has 0 radical (unpaired) electrons. The number of nitrogens with zero attached hydrogens (tertiary/aromatic N) is 3. The molecule has 2 aromatic rings. The second-order valence-electron chi connectivity index (χ2n) is 7.80. The van der Waals surface area contributed by atoms with Crippen molar-refractivity contribution in [2.24, 2.45) is 11.8 Å². The van der Waals surface area contributed by atoms with Gasteiger partial charge in [-0.1, -0.05) is 36.8 Å². The van der Waals surface area contributed by atoms with Crippen LogP contribution in [0, 0.1) is 11.8 Å². The fourth-order valence-electron chi connectivity index (χ4n) is 4.78. The van der Waals surface area contributed by atoms with Crippen LogP contribution in [0.4, 0.5) is 0 Å². The SMILES string of the molecule is O=C(c1cc(-c2ccccc2)n[nH]1)N1CC(N2CC3CCCC3C2)C1. The van der Waals surface area contributed by atoms with E-state index in [1.807, 2.05) is 41.3 Å². The lowest BCUT2D eigenvalue weighted by Crippen LogP contribution is -2.60. The summed E-state index contributed by atoms with van der Waals surface area (Å²) in [6.07, 6.45) is 4.24. The third-order valence-electron chi connectivity index (χ3n) is 6.30. The van der Waals surface area contributed by atoms with Crippen LogP contribution < -0.4 is 0 Å². The first-order valence-electron chi connectivity index (χ1n) is 9.42. The number of fused-ring (bicyclic) bond motifs is 1. The van der Waals surface area contributed by atoms with E-state index in [2.05, 4.69) is 15.1 Å². The highest BCUT2D eigenvalue weighted by molar-refractivity contribution is 5.94. The molecule has 5 rings (SSSR count). The van der Waals surface area contributed by atoms with Gasteiger partial charge in [0, 0.05) is 37.8 Å². The third kappa shape index (κ3) is 2.67. The number of aromatic amines is 1. The molecule has 1 amide bonds. The van der Waals surface area contributed by atoms with Crippen molar-refractivity contribution >= 4 is 5.91 Å². The van der Waals surface area contributed by atoms with Crippen LogP contribution in [0.1, 0.15) is 29.8 Å². The first-order chi connectivity index (χ1) is 12.3. The number of likely N-dealkylation sites (tertiary alicyclic amines) is 2. The molecule has 5 nitrogen and oxygen atoms in total. The highest BCUT2D eigenvalue weighted by atomic mass is 16.2. The molecule has 1 aromatic heterocycles. The van der Waals surface area contributed by atoms with Crippen molar-refractivity contribution in [1.29, 1.82) is 0 Å². The van der Waals surface area contributed by atoms with Gasteiger partial charge in [-0.3, -0.25) is 14.8 Å². The highest BCUT2D eigenvalue weighted by Crippen LogP contribution is 2.39. The van der Waals surface area contributed by atoms with Crippen LogP contribution in [-0.2, 0) is 0 Å². The topological polar surface area (TPSA) is 52.2 Å². The molecular formula is C20H24N4O. The lowest BCUT2D eigenvalue weighted by Gasteiger charge is -2.44. The largest absolute Gasteiger partial charge is 0.334 e. The maximum atomic E-state index is 12.7. The quantitative estimate of drug-likeness (QED) is 0.937. The number of benzene rings is 1. The van der Waals surface area contributed by atoms with Gasteiger partial charge >= 0.3 is 0 Å². The number of aromatic nitrogens is 2. The van der Waals surface area contributed by atoms with E-state index in [0.717, 1.165) is 36.2 Å². The van der Waals surface area contributed by atoms with Crippen LogP contribution in [0.25, 0.3) is 11.3 Å². The van der Waals surface area contributed by atoms with Gasteiger partial charge in [0.25, 0.3) is 5.91 Å². The predicted molar refractivity (Wildman–Crippen MR) is 96.1 cm³/mol. The third-order valence-corrected chi connectivity index (χ3v) is 6.30. The van der Waals surface area contributed by atoms with Gasteiger partial charge in [-0.05, 0) is 30.7 Å². The maximum absolute atomic E-state index is 12.7. The number of carbonyl (C=O) groups is 1. The fourth-order valence-corrected chi connectivity index (χ4v) is 4.78. The lowest BCUT2D eigenvalue weighted by atomic mass is 10.0. The van der Waals surface area contributed by atoms with Crippen molar-refractivity contribution in [2.75, 3.05) is 26.2 Å². The average Bonchev–Trinajstić information content (AvgIpc) is 3.30. The van der Waals surface area contributed by atoms with Crippen LogP contribution in [0.5, 0.6) is 0 Å². The van der Waals surface area contributed by atoms with Gasteiger partial charge in [0.2, 0.25) is 0 Å². The van der Waals surface area contributed by atoms with Crippen molar-refractivity contribution in [3.63, 3.8) is 0 Å². The van der Waals surface area contributed by atoms with Crippen LogP contribution in [-0.4, -0.2) is 58.1 Å². The van der Waals surface area contributed by atoms with Crippen molar-refractivity contribution in [3.05, 3.63) is 42.1 Å². The summed E-state index contributed by atoms with van der Waals surface area (Å²) >= 11 is 0. The van der Waals surface area contributed by atoms with Crippen LogP contribution >= 0.6 is 0 Å². The fraction of sp³-hybridized carbons (Fsp3) is 0.500. The molecule has 130 valence electrons. The summed E-state index contributed by atoms with van der Waals surface area (Å²) in [6.45, 7) is 4.22. The van der Waals surface area contributed by atoms with Crippen LogP contribution in [0.3, 0.4) is 0 Å². The normalized spacial score (nSPS) is 26.6. The number of hydrogen-bond acceptors (Lipinski definition) is 3. The van der Waals surface area contributed by atoms with E-state index in [1.165, 1.54) is 32.4 Å². The summed E-state index contributed by atoms with van der Waals surface area (Å²) in [4.78, 5) is 17.2. The molecule has 0 bridgehead atoms. The molecule has 1 aliphatic carbocycles.